The van der Waals surface area contributed by atoms with Crippen molar-refractivity contribution >= 4 is 23.0 Å². The van der Waals surface area contributed by atoms with Crippen molar-refractivity contribution in [3.8, 4) is 16.9 Å². The Bertz CT molecular complexity index is 1290. The summed E-state index contributed by atoms with van der Waals surface area (Å²) in [6.07, 6.45) is -1.05. The van der Waals surface area contributed by atoms with Crippen LogP contribution in [0.1, 0.15) is 56.4 Å². The molecule has 1 aliphatic rings. The summed E-state index contributed by atoms with van der Waals surface area (Å²) in [5.74, 6) is -0.806. The third-order valence-electron chi connectivity index (χ3n) is 6.17. The lowest BCUT2D eigenvalue weighted by Crippen LogP contribution is -2.38. The third-order valence-corrected chi connectivity index (χ3v) is 6.17. The number of carbonyl (C=O) groups excluding carboxylic acids is 2. The molecule has 3 aromatic rings. The molecule has 1 N–H and O–H groups in total. The number of amides is 1. The predicted molar refractivity (Wildman–Crippen MR) is 131 cm³/mol. The molecule has 198 valence electrons. The molecule has 1 fully saturated rings. The molecule has 2 aromatic carbocycles. The number of esters is 1. The van der Waals surface area contributed by atoms with Gasteiger partial charge in [0.25, 0.3) is 0 Å². The van der Waals surface area contributed by atoms with E-state index in [1.54, 1.807) is 24.3 Å². The maximum Gasteiger partial charge on any atom is 0.573 e. The van der Waals surface area contributed by atoms with Gasteiger partial charge in [0.15, 0.2) is 0 Å². The number of hydrogen-bond acceptors (Lipinski definition) is 5. The molecule has 1 aliphatic carbocycles. The van der Waals surface area contributed by atoms with Crippen molar-refractivity contribution in [3.63, 3.8) is 0 Å². The number of nitrogens with zero attached hydrogens (tertiary/aromatic N) is 1. The van der Waals surface area contributed by atoms with Crippen LogP contribution in [-0.4, -0.2) is 41.7 Å². The van der Waals surface area contributed by atoms with Crippen molar-refractivity contribution in [1.82, 2.24) is 9.88 Å². The highest BCUT2D eigenvalue weighted by Gasteiger charge is 2.32. The maximum atomic E-state index is 12.6. The molecule has 2 unspecified atom stereocenters. The summed E-state index contributed by atoms with van der Waals surface area (Å²) in [5.41, 5.74) is 2.05. The lowest BCUT2D eigenvalue weighted by atomic mass is 10.0. The fraction of sp³-hybridized carbons (Fsp3) is 0.407. The van der Waals surface area contributed by atoms with Crippen molar-refractivity contribution < 1.29 is 37.0 Å². The van der Waals surface area contributed by atoms with Crippen LogP contribution in [0.25, 0.3) is 22.0 Å². The Labute approximate surface area is 212 Å². The first-order chi connectivity index (χ1) is 17.3. The largest absolute Gasteiger partial charge is 0.573 e. The lowest BCUT2D eigenvalue weighted by Gasteiger charge is -2.22. The fourth-order valence-corrected chi connectivity index (χ4v) is 4.68. The molecule has 10 heteroatoms. The normalized spacial score (nSPS) is 18.0. The van der Waals surface area contributed by atoms with Crippen molar-refractivity contribution in [2.75, 3.05) is 7.11 Å². The second kappa shape index (κ2) is 9.99. The number of hydrogen-bond donors (Lipinski definition) is 1. The van der Waals surface area contributed by atoms with E-state index in [-0.39, 0.29) is 17.8 Å². The first kappa shape index (κ1) is 26.4. The first-order valence-corrected chi connectivity index (χ1v) is 11.9. The topological polar surface area (TPSA) is 78.8 Å². The van der Waals surface area contributed by atoms with E-state index in [0.29, 0.717) is 17.5 Å². The van der Waals surface area contributed by atoms with Gasteiger partial charge in [0.2, 0.25) is 0 Å². The van der Waals surface area contributed by atoms with Gasteiger partial charge >= 0.3 is 18.4 Å². The van der Waals surface area contributed by atoms with E-state index in [0.717, 1.165) is 29.3 Å². The van der Waals surface area contributed by atoms with Crippen molar-refractivity contribution in [1.29, 1.82) is 0 Å². The Morgan fingerprint density at radius 3 is 2.35 bits per heavy atom. The predicted octanol–water partition coefficient (Wildman–Crippen LogP) is 6.61. The average molecular weight is 519 g/mol. The number of rotatable bonds is 5. The highest BCUT2D eigenvalue weighted by Crippen LogP contribution is 2.39. The van der Waals surface area contributed by atoms with E-state index in [2.05, 4.69) is 14.6 Å². The van der Waals surface area contributed by atoms with Crippen LogP contribution in [0.3, 0.4) is 0 Å². The molecule has 1 aromatic heterocycles. The minimum atomic E-state index is -4.78. The van der Waals surface area contributed by atoms with Crippen LogP contribution in [0.15, 0.2) is 48.7 Å². The number of aromatic nitrogens is 1. The van der Waals surface area contributed by atoms with Crippen molar-refractivity contribution in [2.24, 2.45) is 0 Å². The average Bonchev–Trinajstić information content (AvgIpc) is 3.40. The molecule has 1 saturated carbocycles. The molecule has 0 bridgehead atoms. The van der Waals surface area contributed by atoms with Crippen LogP contribution in [-0.2, 0) is 9.47 Å². The van der Waals surface area contributed by atoms with Gasteiger partial charge < -0.3 is 24.1 Å². The summed E-state index contributed by atoms with van der Waals surface area (Å²) in [7, 11) is 1.30. The molecule has 1 amide bonds. The first-order valence-electron chi connectivity index (χ1n) is 11.9. The molecule has 4 rings (SSSR count). The van der Waals surface area contributed by atoms with Gasteiger partial charge in [-0.05, 0) is 75.9 Å². The van der Waals surface area contributed by atoms with E-state index >= 15 is 0 Å². The molecule has 0 radical (unpaired) electrons. The Balaban J connectivity index is 1.65. The van der Waals surface area contributed by atoms with Gasteiger partial charge in [0.05, 0.1) is 12.7 Å². The number of benzene rings is 2. The zero-order chi connectivity index (χ0) is 27.0. The van der Waals surface area contributed by atoms with Crippen LogP contribution in [0.5, 0.6) is 5.75 Å². The molecule has 1 heterocycles. The van der Waals surface area contributed by atoms with Gasteiger partial charge in [0, 0.05) is 34.7 Å². The van der Waals surface area contributed by atoms with E-state index in [4.69, 9.17) is 9.47 Å². The van der Waals surface area contributed by atoms with Gasteiger partial charge in [-0.15, -0.1) is 13.2 Å². The van der Waals surface area contributed by atoms with Crippen LogP contribution >= 0.6 is 0 Å². The Morgan fingerprint density at radius 1 is 1.03 bits per heavy atom. The number of halogens is 3. The van der Waals surface area contributed by atoms with Gasteiger partial charge in [-0.3, -0.25) is 0 Å². The van der Waals surface area contributed by atoms with Gasteiger partial charge in [-0.1, -0.05) is 12.1 Å². The Kier molecular flexibility index (Phi) is 7.12. The smallest absolute Gasteiger partial charge is 0.465 e. The number of nitrogens with one attached hydrogen (secondary N) is 1. The van der Waals surface area contributed by atoms with Crippen LogP contribution in [0, 0.1) is 0 Å². The quantitative estimate of drug-likeness (QED) is 0.385. The number of carbonyl (C=O) groups is 2. The van der Waals surface area contributed by atoms with E-state index in [9.17, 15) is 22.8 Å². The van der Waals surface area contributed by atoms with E-state index in [1.807, 2.05) is 33.0 Å². The number of alkyl halides is 3. The zero-order valence-corrected chi connectivity index (χ0v) is 21.0. The van der Waals surface area contributed by atoms with E-state index in [1.165, 1.54) is 19.2 Å². The molecular formula is C27H29F3N2O5. The van der Waals surface area contributed by atoms with Gasteiger partial charge in [-0.25, -0.2) is 9.59 Å². The molecule has 7 nitrogen and oxygen atoms in total. The molecule has 0 spiro atoms. The van der Waals surface area contributed by atoms with Crippen LogP contribution in [0.2, 0.25) is 0 Å². The number of ether oxygens (including phenoxy) is 3. The number of alkyl carbamates (subject to hydrolysis) is 1. The molecule has 0 saturated heterocycles. The summed E-state index contributed by atoms with van der Waals surface area (Å²) >= 11 is 0. The summed E-state index contributed by atoms with van der Waals surface area (Å²) in [6, 6.07) is 10.8. The van der Waals surface area contributed by atoms with Crippen LogP contribution in [0.4, 0.5) is 18.0 Å². The zero-order valence-electron chi connectivity index (χ0n) is 21.0. The molecular weight excluding hydrogens is 489 g/mol. The Hall–Kier alpha value is -3.69. The molecule has 2 atom stereocenters. The monoisotopic (exact) mass is 518 g/mol. The second-order valence-corrected chi connectivity index (χ2v) is 10.1. The minimum absolute atomic E-state index is 0.0612. The summed E-state index contributed by atoms with van der Waals surface area (Å²) in [5, 5.41) is 3.70. The van der Waals surface area contributed by atoms with Gasteiger partial charge in [0.1, 0.15) is 11.4 Å². The summed E-state index contributed by atoms with van der Waals surface area (Å²) in [4.78, 5) is 24.4. The third kappa shape index (κ3) is 6.36. The summed E-state index contributed by atoms with van der Waals surface area (Å²) < 4.78 is 54.1. The molecule has 0 aliphatic heterocycles. The maximum absolute atomic E-state index is 12.6. The minimum Gasteiger partial charge on any atom is -0.465 e. The number of methoxy groups -OCH3 is 1. The highest BCUT2D eigenvalue weighted by molar-refractivity contribution is 6.01. The lowest BCUT2D eigenvalue weighted by molar-refractivity contribution is -0.274. The fourth-order valence-electron chi connectivity index (χ4n) is 4.68. The summed E-state index contributed by atoms with van der Waals surface area (Å²) in [6.45, 7) is 5.42. The SMILES string of the molecule is COC(=O)c1ccc2c(c1)c(-c1ccc(OC(F)(F)F)cc1)cn2C1CCC(NC(=O)OC(C)(C)C)C1. The van der Waals surface area contributed by atoms with Crippen molar-refractivity contribution in [2.45, 2.75) is 64.1 Å². The van der Waals surface area contributed by atoms with E-state index < -0.39 is 24.0 Å². The Morgan fingerprint density at radius 2 is 1.73 bits per heavy atom. The van der Waals surface area contributed by atoms with Crippen molar-refractivity contribution in [3.05, 3.63) is 54.2 Å². The van der Waals surface area contributed by atoms with Gasteiger partial charge in [-0.2, -0.15) is 0 Å². The highest BCUT2D eigenvalue weighted by atomic mass is 19.4. The number of fused-ring (bicyclic) bond motifs is 1. The second-order valence-electron chi connectivity index (χ2n) is 10.1. The van der Waals surface area contributed by atoms with Crippen LogP contribution < -0.4 is 10.1 Å². The standard InChI is InChI=1S/C27H29F3N2O5/c1-26(2,3)37-25(34)31-18-8-9-19(14-18)32-15-22(16-5-10-20(11-6-16)36-27(28,29)30)21-13-17(24(33)35-4)7-12-23(21)32/h5-7,10-13,15,18-19H,8-9,14H2,1-4H3,(H,31,34). The molecule has 37 heavy (non-hydrogen) atoms.